The molecule has 0 bridgehead atoms. The average molecular weight is 498 g/mol. The van der Waals surface area contributed by atoms with E-state index in [1.165, 1.54) is 7.11 Å². The fraction of sp³-hybridized carbons (Fsp3) is 0.500. The lowest BCUT2D eigenvalue weighted by molar-refractivity contribution is 0.0565. The van der Waals surface area contributed by atoms with Crippen molar-refractivity contribution in [3.8, 4) is 6.07 Å². The molecular weight excluding hydrogens is 462 g/mol. The number of piperidine rings is 1. The Hall–Kier alpha value is -2.93. The number of nitrogens with zero attached hydrogens (tertiary/aromatic N) is 3. The molecule has 3 rings (SSSR count). The largest absolute Gasteiger partial charge is 0.352 e. The highest BCUT2D eigenvalue weighted by Gasteiger charge is 2.30. The number of carbonyl (C=O) groups is 2. The summed E-state index contributed by atoms with van der Waals surface area (Å²) < 4.78 is 0. The smallest absolute Gasteiger partial charge is 0.341 e. The molecule has 2 aromatic rings. The molecule has 0 saturated carbocycles. The summed E-state index contributed by atoms with van der Waals surface area (Å²) in [6.07, 6.45) is 2.62. The second-order valence-corrected chi connectivity index (χ2v) is 9.91. The molecule has 8 nitrogen and oxygen atoms in total. The van der Waals surface area contributed by atoms with Gasteiger partial charge in [-0.3, -0.25) is 9.63 Å². The second kappa shape index (κ2) is 12.7. The monoisotopic (exact) mass is 497 g/mol. The molecule has 188 valence electrons. The average Bonchev–Trinajstić information content (AvgIpc) is 3.35. The third kappa shape index (κ3) is 7.04. The molecule has 0 aliphatic carbocycles. The first-order valence-corrected chi connectivity index (χ1v) is 12.9. The van der Waals surface area contributed by atoms with Crippen molar-refractivity contribution in [3.05, 3.63) is 56.8 Å². The zero-order valence-corrected chi connectivity index (χ0v) is 21.8. The standard InChI is InChI=1S/C26H35N5O3S/c1-18-13-22(15-27)14-19(2)24(18)25(32)28-9-5-20(3)30-10-6-23(7-11-30)31(26(33)29-34-4)16-21-8-12-35-17-21/h8,12-14,17,20,23H,5-7,9-11,16H2,1-4H3,(H,28,32)(H,29,33)/t20-/m1/s1. The predicted molar refractivity (Wildman–Crippen MR) is 137 cm³/mol. The summed E-state index contributed by atoms with van der Waals surface area (Å²) in [5, 5.41) is 16.3. The summed E-state index contributed by atoms with van der Waals surface area (Å²) in [6.45, 7) is 8.86. The molecule has 1 atom stereocenters. The number of hydrogen-bond donors (Lipinski definition) is 2. The highest BCUT2D eigenvalue weighted by molar-refractivity contribution is 7.07. The number of aryl methyl sites for hydroxylation is 2. The minimum absolute atomic E-state index is 0.0939. The van der Waals surface area contributed by atoms with Gasteiger partial charge in [0.05, 0.1) is 18.7 Å². The summed E-state index contributed by atoms with van der Waals surface area (Å²) in [6, 6.07) is 7.95. The van der Waals surface area contributed by atoms with Gasteiger partial charge < -0.3 is 15.1 Å². The molecule has 0 radical (unpaired) electrons. The normalized spacial score (nSPS) is 15.3. The Morgan fingerprint density at radius 2 is 1.97 bits per heavy atom. The number of hydroxylamine groups is 1. The van der Waals surface area contributed by atoms with Crippen LogP contribution < -0.4 is 10.8 Å². The van der Waals surface area contributed by atoms with Crippen LogP contribution in [0, 0.1) is 25.2 Å². The Morgan fingerprint density at radius 1 is 1.29 bits per heavy atom. The van der Waals surface area contributed by atoms with Crippen LogP contribution in [0.15, 0.2) is 29.0 Å². The number of nitriles is 1. The Bertz CT molecular complexity index is 1020. The molecule has 1 aromatic carbocycles. The molecule has 1 aromatic heterocycles. The maximum absolute atomic E-state index is 12.7. The van der Waals surface area contributed by atoms with E-state index in [4.69, 9.17) is 10.1 Å². The Morgan fingerprint density at radius 3 is 2.54 bits per heavy atom. The number of likely N-dealkylation sites (tertiary alicyclic amines) is 1. The molecule has 0 spiro atoms. The molecule has 0 unspecified atom stereocenters. The van der Waals surface area contributed by atoms with Gasteiger partial charge in [-0.1, -0.05) is 0 Å². The molecule has 2 N–H and O–H groups in total. The first-order chi connectivity index (χ1) is 16.8. The van der Waals surface area contributed by atoms with Gasteiger partial charge in [0.15, 0.2) is 0 Å². The zero-order valence-electron chi connectivity index (χ0n) is 21.0. The van der Waals surface area contributed by atoms with E-state index in [-0.39, 0.29) is 18.0 Å². The number of benzene rings is 1. The van der Waals surface area contributed by atoms with Crippen molar-refractivity contribution >= 4 is 23.3 Å². The van der Waals surface area contributed by atoms with Gasteiger partial charge in [0, 0.05) is 43.8 Å². The molecule has 1 saturated heterocycles. The van der Waals surface area contributed by atoms with Crippen molar-refractivity contribution in [1.82, 2.24) is 20.6 Å². The Balaban J connectivity index is 1.49. The maximum Gasteiger partial charge on any atom is 0.341 e. The summed E-state index contributed by atoms with van der Waals surface area (Å²) in [4.78, 5) is 34.5. The zero-order chi connectivity index (χ0) is 25.4. The van der Waals surface area contributed by atoms with E-state index < -0.39 is 0 Å². The van der Waals surface area contributed by atoms with Crippen molar-refractivity contribution in [3.63, 3.8) is 0 Å². The van der Waals surface area contributed by atoms with Crippen LogP contribution in [0.2, 0.25) is 0 Å². The van der Waals surface area contributed by atoms with Crippen LogP contribution in [0.5, 0.6) is 0 Å². The SMILES string of the molecule is CONC(=O)N(Cc1ccsc1)C1CCN([C@H](C)CCNC(=O)c2c(C)cc(C#N)cc2C)CC1. The van der Waals surface area contributed by atoms with Gasteiger partial charge in [0.25, 0.3) is 5.91 Å². The van der Waals surface area contributed by atoms with Crippen molar-refractivity contribution in [2.75, 3.05) is 26.7 Å². The predicted octanol–water partition coefficient (Wildman–Crippen LogP) is 3.98. The van der Waals surface area contributed by atoms with E-state index in [1.807, 2.05) is 30.2 Å². The van der Waals surface area contributed by atoms with Gasteiger partial charge in [-0.25, -0.2) is 10.3 Å². The van der Waals surface area contributed by atoms with Crippen LogP contribution in [-0.2, 0) is 11.4 Å². The van der Waals surface area contributed by atoms with Crippen molar-refractivity contribution in [2.24, 2.45) is 0 Å². The van der Waals surface area contributed by atoms with Crippen LogP contribution in [0.1, 0.15) is 58.8 Å². The first-order valence-electron chi connectivity index (χ1n) is 12.0. The van der Waals surface area contributed by atoms with Crippen LogP contribution in [0.3, 0.4) is 0 Å². The van der Waals surface area contributed by atoms with E-state index in [1.54, 1.807) is 23.5 Å². The molecule has 3 amide bonds. The van der Waals surface area contributed by atoms with Crippen LogP contribution in [-0.4, -0.2) is 60.6 Å². The van der Waals surface area contributed by atoms with Gasteiger partial charge in [-0.05, 0) is 85.7 Å². The van der Waals surface area contributed by atoms with Gasteiger partial charge >= 0.3 is 6.03 Å². The van der Waals surface area contributed by atoms with Crippen molar-refractivity contribution in [1.29, 1.82) is 5.26 Å². The van der Waals surface area contributed by atoms with Gasteiger partial charge in [0.2, 0.25) is 0 Å². The minimum atomic E-state index is -0.207. The number of urea groups is 1. The number of thiophene rings is 1. The van der Waals surface area contributed by atoms with E-state index >= 15 is 0 Å². The van der Waals surface area contributed by atoms with Gasteiger partial charge in [0.1, 0.15) is 0 Å². The Kier molecular flexibility index (Phi) is 9.66. The van der Waals surface area contributed by atoms with Crippen molar-refractivity contribution in [2.45, 2.75) is 58.7 Å². The van der Waals surface area contributed by atoms with Crippen molar-refractivity contribution < 1.29 is 14.4 Å². The lowest BCUT2D eigenvalue weighted by Crippen LogP contribution is -2.51. The Labute approximate surface area is 211 Å². The third-order valence-corrected chi connectivity index (χ3v) is 7.42. The second-order valence-electron chi connectivity index (χ2n) is 9.13. The number of carbonyl (C=O) groups excluding carboxylic acids is 2. The minimum Gasteiger partial charge on any atom is -0.352 e. The summed E-state index contributed by atoms with van der Waals surface area (Å²) >= 11 is 1.63. The number of rotatable bonds is 9. The summed E-state index contributed by atoms with van der Waals surface area (Å²) in [7, 11) is 1.45. The molecule has 1 aliphatic heterocycles. The topological polar surface area (TPSA) is 97.7 Å². The summed E-state index contributed by atoms with van der Waals surface area (Å²) in [5.74, 6) is -0.0939. The molecule has 2 heterocycles. The van der Waals surface area contributed by atoms with Crippen LogP contribution in [0.4, 0.5) is 4.79 Å². The van der Waals surface area contributed by atoms with Gasteiger partial charge in [-0.2, -0.15) is 16.6 Å². The molecule has 1 fully saturated rings. The third-order valence-electron chi connectivity index (χ3n) is 6.68. The fourth-order valence-electron chi connectivity index (χ4n) is 4.78. The highest BCUT2D eigenvalue weighted by atomic mass is 32.1. The maximum atomic E-state index is 12.7. The lowest BCUT2D eigenvalue weighted by Gasteiger charge is -2.40. The first kappa shape index (κ1) is 26.7. The lowest BCUT2D eigenvalue weighted by atomic mass is 9.99. The number of nitrogens with one attached hydrogen (secondary N) is 2. The van der Waals surface area contributed by atoms with E-state index in [0.29, 0.717) is 30.3 Å². The van der Waals surface area contributed by atoms with Crippen LogP contribution >= 0.6 is 11.3 Å². The molecule has 1 aliphatic rings. The van der Waals surface area contributed by atoms with E-state index in [2.05, 4.69) is 34.1 Å². The van der Waals surface area contributed by atoms with E-state index in [0.717, 1.165) is 49.0 Å². The molecule has 9 heteroatoms. The fourth-order valence-corrected chi connectivity index (χ4v) is 5.44. The molecular formula is C26H35N5O3S. The van der Waals surface area contributed by atoms with Crippen LogP contribution in [0.25, 0.3) is 0 Å². The molecule has 35 heavy (non-hydrogen) atoms. The highest BCUT2D eigenvalue weighted by Crippen LogP contribution is 2.22. The van der Waals surface area contributed by atoms with Gasteiger partial charge in [-0.15, -0.1) is 0 Å². The quantitative estimate of drug-likeness (QED) is 0.511. The summed E-state index contributed by atoms with van der Waals surface area (Å²) in [5.41, 5.74) is 6.46. The number of hydrogen-bond acceptors (Lipinski definition) is 6. The van der Waals surface area contributed by atoms with E-state index in [9.17, 15) is 9.59 Å². The number of amides is 3.